The summed E-state index contributed by atoms with van der Waals surface area (Å²) in [6, 6.07) is 0. The van der Waals surface area contributed by atoms with Gasteiger partial charge in [0, 0.05) is 17.9 Å². The zero-order valence-electron chi connectivity index (χ0n) is 19.1. The lowest BCUT2D eigenvalue weighted by atomic mass is 9.61. The first-order chi connectivity index (χ1) is 14.6. The first kappa shape index (κ1) is 24.9. The van der Waals surface area contributed by atoms with E-state index in [-0.39, 0.29) is 29.3 Å². The summed E-state index contributed by atoms with van der Waals surface area (Å²) in [5.74, 6) is 0.961. The quantitative estimate of drug-likeness (QED) is 0.285. The molecule has 1 aliphatic rings. The molecular weight excluding hydrogens is 412 g/mol. The van der Waals surface area contributed by atoms with E-state index in [1.54, 1.807) is 13.0 Å². The van der Waals surface area contributed by atoms with Gasteiger partial charge in [0.05, 0.1) is 10.6 Å². The van der Waals surface area contributed by atoms with Gasteiger partial charge in [-0.2, -0.15) is 0 Å². The number of carbonyl (C=O) groups is 2. The number of allylic oxidation sites excluding steroid dienone is 4. The number of ketones is 1. The van der Waals surface area contributed by atoms with E-state index < -0.39 is 0 Å². The van der Waals surface area contributed by atoms with Crippen molar-refractivity contribution in [1.82, 2.24) is 0 Å². The van der Waals surface area contributed by atoms with Crippen LogP contribution in [0.15, 0.2) is 36.5 Å². The maximum Gasteiger partial charge on any atom is 0.154 e. The fourth-order valence-corrected chi connectivity index (χ4v) is 4.38. The first-order valence-corrected chi connectivity index (χ1v) is 11.1. The maximum atomic E-state index is 12.3. The number of carbonyl (C=O) groups excluding carboxylic acids is 2. The molecule has 1 fully saturated rings. The van der Waals surface area contributed by atoms with Crippen molar-refractivity contribution in [3.05, 3.63) is 58.2 Å². The Balaban J connectivity index is 2.36. The number of aldehydes is 1. The summed E-state index contributed by atoms with van der Waals surface area (Å²) in [6.45, 7) is 13.9. The summed E-state index contributed by atoms with van der Waals surface area (Å²) in [6.07, 6.45) is 10.2. The van der Waals surface area contributed by atoms with Crippen molar-refractivity contribution in [2.24, 2.45) is 17.3 Å². The zero-order chi connectivity index (χ0) is 23.3. The second-order valence-corrected chi connectivity index (χ2v) is 9.08. The predicted octanol–water partition coefficient (Wildman–Crippen LogP) is 6.42. The average Bonchev–Trinajstić information content (AvgIpc) is 2.75. The molecule has 4 nitrogen and oxygen atoms in total. The fraction of sp³-hybridized carbons (Fsp3) is 0.462. The summed E-state index contributed by atoms with van der Waals surface area (Å²) >= 11 is 6.44. The van der Waals surface area contributed by atoms with E-state index in [9.17, 15) is 14.7 Å². The van der Waals surface area contributed by atoms with Crippen molar-refractivity contribution in [3.8, 4) is 11.5 Å². The summed E-state index contributed by atoms with van der Waals surface area (Å²) in [7, 11) is 0. The molecule has 0 spiro atoms. The van der Waals surface area contributed by atoms with Gasteiger partial charge in [0.2, 0.25) is 0 Å². The molecule has 0 radical (unpaired) electrons. The van der Waals surface area contributed by atoms with Crippen LogP contribution >= 0.6 is 11.6 Å². The number of rotatable bonds is 8. The molecule has 0 aliphatic heterocycles. The van der Waals surface area contributed by atoms with Crippen LogP contribution in [0.5, 0.6) is 11.5 Å². The highest BCUT2D eigenvalue weighted by molar-refractivity contribution is 6.33. The normalized spacial score (nSPS) is 24.5. The number of hydrogen-bond donors (Lipinski definition) is 1. The molecular formula is C26H33ClO4. The van der Waals surface area contributed by atoms with Gasteiger partial charge in [-0.15, -0.1) is 0 Å². The lowest BCUT2D eigenvalue weighted by Crippen LogP contribution is -2.40. The number of Topliss-reactive ketones (excluding diaryl/α,β-unsaturated/α-hetero) is 1. The molecule has 3 unspecified atom stereocenters. The van der Waals surface area contributed by atoms with Gasteiger partial charge in [0.25, 0.3) is 0 Å². The molecule has 5 heteroatoms. The van der Waals surface area contributed by atoms with Crippen LogP contribution in [0.1, 0.15) is 62.0 Å². The summed E-state index contributed by atoms with van der Waals surface area (Å²) in [5.41, 5.74) is 1.91. The van der Waals surface area contributed by atoms with Crippen LogP contribution in [0.4, 0.5) is 0 Å². The predicted molar refractivity (Wildman–Crippen MR) is 126 cm³/mol. The molecule has 1 aromatic rings. The van der Waals surface area contributed by atoms with E-state index in [1.807, 2.05) is 26.0 Å². The van der Waals surface area contributed by atoms with Gasteiger partial charge in [0.1, 0.15) is 23.9 Å². The van der Waals surface area contributed by atoms with Crippen LogP contribution in [0.3, 0.4) is 0 Å². The molecule has 0 amide bonds. The minimum absolute atomic E-state index is 0.0192. The lowest BCUT2D eigenvalue weighted by Gasteiger charge is -2.42. The van der Waals surface area contributed by atoms with Gasteiger partial charge < -0.3 is 9.84 Å². The number of benzene rings is 1. The van der Waals surface area contributed by atoms with Crippen molar-refractivity contribution in [3.63, 3.8) is 0 Å². The molecule has 0 saturated heterocycles. The van der Waals surface area contributed by atoms with Gasteiger partial charge in [-0.1, -0.05) is 68.8 Å². The molecule has 2 rings (SSSR count). The molecule has 168 valence electrons. The Labute approximate surface area is 190 Å². The highest BCUT2D eigenvalue weighted by atomic mass is 35.5. The first-order valence-electron chi connectivity index (χ1n) is 10.7. The lowest BCUT2D eigenvalue weighted by molar-refractivity contribution is -0.129. The van der Waals surface area contributed by atoms with Crippen LogP contribution in [0, 0.1) is 24.2 Å². The van der Waals surface area contributed by atoms with Crippen LogP contribution in [0.2, 0.25) is 5.02 Å². The molecule has 1 aromatic carbocycles. The maximum absolute atomic E-state index is 12.3. The third kappa shape index (κ3) is 5.12. The Kier molecular flexibility index (Phi) is 8.30. The van der Waals surface area contributed by atoms with Gasteiger partial charge in [0.15, 0.2) is 6.29 Å². The Morgan fingerprint density at radius 2 is 2.06 bits per heavy atom. The number of aromatic hydroxyl groups is 1. The summed E-state index contributed by atoms with van der Waals surface area (Å²) in [5, 5.41) is 11.0. The standard InChI is InChI=1S/C26H33ClO4/c1-7-14-31-25-20(24(30)21(15-28)18(4)23(25)27)10-8-16(2)12-13-26(6)17(3)9-11-22(29)19(26)5/h7-8,12-13,15,17,19,30H,1,9-11,14H2,2-6H3/b13-12+,16-8-. The van der Waals surface area contributed by atoms with E-state index in [4.69, 9.17) is 16.3 Å². The van der Waals surface area contributed by atoms with Crippen molar-refractivity contribution in [2.45, 2.75) is 53.9 Å². The average molecular weight is 445 g/mol. The Hall–Kier alpha value is -2.33. The molecule has 3 atom stereocenters. The van der Waals surface area contributed by atoms with E-state index in [2.05, 4.69) is 26.5 Å². The Bertz CT molecular complexity index is 928. The number of phenols is 1. The molecule has 0 heterocycles. The van der Waals surface area contributed by atoms with Crippen LogP contribution in [-0.4, -0.2) is 23.8 Å². The third-order valence-electron chi connectivity index (χ3n) is 6.85. The zero-order valence-corrected chi connectivity index (χ0v) is 19.9. The molecule has 1 aliphatic carbocycles. The second-order valence-electron chi connectivity index (χ2n) is 8.71. The van der Waals surface area contributed by atoms with Crippen LogP contribution in [-0.2, 0) is 11.2 Å². The second kappa shape index (κ2) is 10.3. The van der Waals surface area contributed by atoms with Gasteiger partial charge in [-0.05, 0) is 43.6 Å². The molecule has 0 aromatic heterocycles. The number of halogens is 1. The van der Waals surface area contributed by atoms with E-state index in [0.717, 1.165) is 12.0 Å². The van der Waals surface area contributed by atoms with Crippen LogP contribution in [0.25, 0.3) is 0 Å². The minimum Gasteiger partial charge on any atom is -0.507 e. The SMILES string of the molecule is C=CCOc1c(Cl)c(C)c(C=O)c(O)c1C/C=C(C)\C=C\C1(C)C(C)CCC(=O)C1C. The topological polar surface area (TPSA) is 63.6 Å². The molecule has 1 N–H and O–H groups in total. The number of ether oxygens (including phenoxy) is 1. The monoisotopic (exact) mass is 444 g/mol. The molecule has 31 heavy (non-hydrogen) atoms. The smallest absolute Gasteiger partial charge is 0.154 e. The van der Waals surface area contributed by atoms with Crippen LogP contribution < -0.4 is 4.74 Å². The summed E-state index contributed by atoms with van der Waals surface area (Å²) in [4.78, 5) is 23.7. The van der Waals surface area contributed by atoms with Crippen molar-refractivity contribution in [1.29, 1.82) is 0 Å². The minimum atomic E-state index is -0.192. The number of phenolic OH excluding ortho intramolecular Hbond substituents is 1. The van der Waals surface area contributed by atoms with E-state index >= 15 is 0 Å². The molecule has 0 bridgehead atoms. The van der Waals surface area contributed by atoms with Crippen molar-refractivity contribution >= 4 is 23.7 Å². The molecule has 1 saturated carbocycles. The highest BCUT2D eigenvalue weighted by Gasteiger charge is 2.41. The Morgan fingerprint density at radius 1 is 1.39 bits per heavy atom. The van der Waals surface area contributed by atoms with E-state index in [1.165, 1.54) is 0 Å². The largest absolute Gasteiger partial charge is 0.507 e. The third-order valence-corrected chi connectivity index (χ3v) is 7.30. The Morgan fingerprint density at radius 3 is 2.68 bits per heavy atom. The van der Waals surface area contributed by atoms with Gasteiger partial charge in [-0.25, -0.2) is 0 Å². The van der Waals surface area contributed by atoms with Crippen molar-refractivity contribution in [2.75, 3.05) is 6.61 Å². The highest BCUT2D eigenvalue weighted by Crippen LogP contribution is 2.45. The fourth-order valence-electron chi connectivity index (χ4n) is 4.11. The van der Waals surface area contributed by atoms with Gasteiger partial charge >= 0.3 is 0 Å². The van der Waals surface area contributed by atoms with E-state index in [0.29, 0.717) is 52.7 Å². The van der Waals surface area contributed by atoms with Gasteiger partial charge in [-0.3, -0.25) is 9.59 Å². The van der Waals surface area contributed by atoms with Crippen molar-refractivity contribution < 1.29 is 19.4 Å². The number of hydrogen-bond acceptors (Lipinski definition) is 4. The summed E-state index contributed by atoms with van der Waals surface area (Å²) < 4.78 is 5.71.